The van der Waals surface area contributed by atoms with Crippen LogP contribution in [0.3, 0.4) is 0 Å². The molecule has 0 radical (unpaired) electrons. The molecule has 0 amide bonds. The van der Waals surface area contributed by atoms with Crippen molar-refractivity contribution >= 4 is 27.6 Å². The van der Waals surface area contributed by atoms with E-state index in [9.17, 15) is 22.0 Å². The third-order valence-electron chi connectivity index (χ3n) is 3.19. The highest BCUT2D eigenvalue weighted by molar-refractivity contribution is 7.89. The van der Waals surface area contributed by atoms with Crippen molar-refractivity contribution in [2.45, 2.75) is 11.5 Å². The molecule has 10 heteroatoms. The number of halogens is 3. The number of hydrogen-bond donors (Lipinski definition) is 0. The Morgan fingerprint density at radius 1 is 1.12 bits per heavy atom. The average molecular weight is 406 g/mol. The van der Waals surface area contributed by atoms with Gasteiger partial charge in [-0.1, -0.05) is 23.7 Å². The topological polar surface area (TPSA) is 72.9 Å². The molecule has 0 aliphatic carbocycles. The number of carbonyl (C=O) groups excluding carboxylic acids is 1. The van der Waals surface area contributed by atoms with Gasteiger partial charge in [0.15, 0.2) is 5.75 Å². The lowest BCUT2D eigenvalue weighted by molar-refractivity contribution is -0.0503. The van der Waals surface area contributed by atoms with Crippen molar-refractivity contribution in [3.8, 4) is 11.5 Å². The standard InChI is InChI=1S/C16H14ClF2NO5S/c1-20(2)26(22,23)14-9-10(17)7-8-13(14)24-15(21)11-5-3-4-6-12(11)25-16(18)19/h3-9,16H,1-2H3. The number of benzene rings is 2. The molecule has 0 fully saturated rings. The summed E-state index contributed by atoms with van der Waals surface area (Å²) in [7, 11) is -1.37. The first-order chi connectivity index (χ1) is 12.1. The monoisotopic (exact) mass is 405 g/mol. The molecule has 6 nitrogen and oxygen atoms in total. The minimum atomic E-state index is -3.97. The van der Waals surface area contributed by atoms with Crippen molar-refractivity contribution < 1.29 is 31.5 Å². The first-order valence-electron chi connectivity index (χ1n) is 7.11. The smallest absolute Gasteiger partial charge is 0.387 e. The summed E-state index contributed by atoms with van der Waals surface area (Å²) in [4.78, 5) is 12.0. The van der Waals surface area contributed by atoms with Crippen molar-refractivity contribution in [3.05, 3.63) is 53.1 Å². The number of nitrogens with zero attached hydrogens (tertiary/aromatic N) is 1. The average Bonchev–Trinajstić information content (AvgIpc) is 2.56. The van der Waals surface area contributed by atoms with Gasteiger partial charge < -0.3 is 9.47 Å². The molecule has 0 saturated heterocycles. The van der Waals surface area contributed by atoms with E-state index in [1.807, 2.05) is 0 Å². The Hall–Kier alpha value is -2.23. The molecule has 0 bridgehead atoms. The molecule has 0 spiro atoms. The number of sulfonamides is 1. The second-order valence-corrected chi connectivity index (χ2v) is 7.70. The fraction of sp³-hybridized carbons (Fsp3) is 0.188. The van der Waals surface area contributed by atoms with Crippen LogP contribution in [0.4, 0.5) is 8.78 Å². The maximum absolute atomic E-state index is 12.5. The molecular weight excluding hydrogens is 392 g/mol. The van der Waals surface area contributed by atoms with E-state index in [-0.39, 0.29) is 21.2 Å². The summed E-state index contributed by atoms with van der Waals surface area (Å²) in [6, 6.07) is 8.87. The summed E-state index contributed by atoms with van der Waals surface area (Å²) in [5, 5.41) is 0.117. The Bertz CT molecular complexity index is 919. The van der Waals surface area contributed by atoms with Gasteiger partial charge in [-0.25, -0.2) is 17.5 Å². The molecule has 0 atom stereocenters. The van der Waals surface area contributed by atoms with E-state index in [0.29, 0.717) is 0 Å². The molecule has 0 heterocycles. The molecule has 2 rings (SSSR count). The summed E-state index contributed by atoms with van der Waals surface area (Å²) in [6.45, 7) is -3.14. The van der Waals surface area contributed by atoms with E-state index >= 15 is 0 Å². The van der Waals surface area contributed by atoms with Crippen LogP contribution in [-0.4, -0.2) is 39.4 Å². The Morgan fingerprint density at radius 2 is 1.77 bits per heavy atom. The van der Waals surface area contributed by atoms with Crippen LogP contribution in [0.5, 0.6) is 11.5 Å². The first kappa shape index (κ1) is 20.1. The zero-order valence-corrected chi connectivity index (χ0v) is 15.2. The molecule has 0 N–H and O–H groups in total. The van der Waals surface area contributed by atoms with E-state index in [1.165, 1.54) is 50.5 Å². The maximum Gasteiger partial charge on any atom is 0.387 e. The summed E-state index contributed by atoms with van der Waals surface area (Å²) in [5.74, 6) is -1.74. The van der Waals surface area contributed by atoms with Gasteiger partial charge in [0.2, 0.25) is 10.0 Å². The molecule has 140 valence electrons. The summed E-state index contributed by atoms with van der Waals surface area (Å²) >= 11 is 5.84. The van der Waals surface area contributed by atoms with E-state index in [0.717, 1.165) is 10.4 Å². The van der Waals surface area contributed by atoms with Crippen LogP contribution in [-0.2, 0) is 10.0 Å². The Labute approximate surface area is 153 Å². The van der Waals surface area contributed by atoms with Gasteiger partial charge in [0, 0.05) is 19.1 Å². The zero-order valence-electron chi connectivity index (χ0n) is 13.6. The molecular formula is C16H14ClF2NO5S. The van der Waals surface area contributed by atoms with Crippen molar-refractivity contribution in [3.63, 3.8) is 0 Å². The van der Waals surface area contributed by atoms with Crippen LogP contribution < -0.4 is 9.47 Å². The lowest BCUT2D eigenvalue weighted by Crippen LogP contribution is -2.23. The number of para-hydroxylation sites is 1. The lowest BCUT2D eigenvalue weighted by atomic mass is 10.2. The largest absolute Gasteiger partial charge is 0.434 e. The van der Waals surface area contributed by atoms with Crippen LogP contribution in [0, 0.1) is 0 Å². The minimum Gasteiger partial charge on any atom is -0.434 e. The lowest BCUT2D eigenvalue weighted by Gasteiger charge is -2.16. The van der Waals surface area contributed by atoms with E-state index in [1.54, 1.807) is 0 Å². The molecule has 0 unspecified atom stereocenters. The second kappa shape index (κ2) is 7.98. The van der Waals surface area contributed by atoms with Crippen LogP contribution in [0.15, 0.2) is 47.4 Å². The summed E-state index contributed by atoms with van der Waals surface area (Å²) in [5.41, 5.74) is -0.282. The van der Waals surface area contributed by atoms with Gasteiger partial charge in [-0.05, 0) is 30.3 Å². The fourth-order valence-corrected chi connectivity index (χ4v) is 3.22. The molecule has 0 aliphatic heterocycles. The fourth-order valence-electron chi connectivity index (χ4n) is 1.95. The highest BCUT2D eigenvalue weighted by Crippen LogP contribution is 2.30. The predicted octanol–water partition coefficient (Wildman–Crippen LogP) is 3.41. The summed E-state index contributed by atoms with van der Waals surface area (Å²) < 4.78 is 60.0. The third-order valence-corrected chi connectivity index (χ3v) is 5.26. The molecule has 2 aromatic carbocycles. The van der Waals surface area contributed by atoms with Crippen molar-refractivity contribution in [1.29, 1.82) is 0 Å². The normalized spacial score (nSPS) is 11.7. The van der Waals surface area contributed by atoms with E-state index < -0.39 is 28.4 Å². The molecule has 26 heavy (non-hydrogen) atoms. The Balaban J connectivity index is 2.43. The van der Waals surface area contributed by atoms with Crippen LogP contribution in [0.25, 0.3) is 0 Å². The van der Waals surface area contributed by atoms with Crippen molar-refractivity contribution in [2.24, 2.45) is 0 Å². The Kier molecular flexibility index (Phi) is 6.17. The van der Waals surface area contributed by atoms with Crippen LogP contribution >= 0.6 is 11.6 Å². The number of hydrogen-bond acceptors (Lipinski definition) is 5. The number of rotatable bonds is 6. The molecule has 0 saturated carbocycles. The van der Waals surface area contributed by atoms with Crippen molar-refractivity contribution in [1.82, 2.24) is 4.31 Å². The minimum absolute atomic E-state index is 0.117. The van der Waals surface area contributed by atoms with Crippen molar-refractivity contribution in [2.75, 3.05) is 14.1 Å². The number of alkyl halides is 2. The molecule has 0 aromatic heterocycles. The predicted molar refractivity (Wildman–Crippen MR) is 90.4 cm³/mol. The second-order valence-electron chi connectivity index (χ2n) is 5.14. The SMILES string of the molecule is CN(C)S(=O)(=O)c1cc(Cl)ccc1OC(=O)c1ccccc1OC(F)F. The number of esters is 1. The number of carbonyl (C=O) groups is 1. The molecule has 0 aliphatic rings. The van der Waals surface area contributed by atoms with Crippen LogP contribution in [0.1, 0.15) is 10.4 Å². The van der Waals surface area contributed by atoms with Gasteiger partial charge in [-0.3, -0.25) is 0 Å². The highest BCUT2D eigenvalue weighted by atomic mass is 35.5. The first-order valence-corrected chi connectivity index (χ1v) is 8.93. The van der Waals surface area contributed by atoms with Gasteiger partial charge >= 0.3 is 12.6 Å². The highest BCUT2D eigenvalue weighted by Gasteiger charge is 2.25. The number of ether oxygens (including phenoxy) is 2. The van der Waals surface area contributed by atoms with Gasteiger partial charge in [0.1, 0.15) is 16.2 Å². The van der Waals surface area contributed by atoms with E-state index in [4.69, 9.17) is 16.3 Å². The van der Waals surface area contributed by atoms with Gasteiger partial charge in [0.25, 0.3) is 0 Å². The van der Waals surface area contributed by atoms with Gasteiger partial charge in [-0.2, -0.15) is 8.78 Å². The van der Waals surface area contributed by atoms with Gasteiger partial charge in [-0.15, -0.1) is 0 Å². The quantitative estimate of drug-likeness (QED) is 0.544. The van der Waals surface area contributed by atoms with E-state index in [2.05, 4.69) is 4.74 Å². The summed E-state index contributed by atoms with van der Waals surface area (Å²) in [6.07, 6.45) is 0. The maximum atomic E-state index is 12.5. The third kappa shape index (κ3) is 4.48. The van der Waals surface area contributed by atoms with Crippen LogP contribution in [0.2, 0.25) is 5.02 Å². The Morgan fingerprint density at radius 3 is 2.38 bits per heavy atom. The van der Waals surface area contributed by atoms with Gasteiger partial charge in [0.05, 0.1) is 0 Å². The zero-order chi connectivity index (χ0) is 19.5. The molecule has 2 aromatic rings.